The molecule has 3 rings (SSSR count). The maximum Gasteiger partial charge on any atom is 0.224 e. The number of aromatic amines is 1. The zero-order valence-corrected chi connectivity index (χ0v) is 11.4. The Morgan fingerprint density at radius 1 is 1.40 bits per heavy atom. The second-order valence-corrected chi connectivity index (χ2v) is 5.57. The summed E-state index contributed by atoms with van der Waals surface area (Å²) in [6.07, 6.45) is 7.99. The molecule has 0 bridgehead atoms. The van der Waals surface area contributed by atoms with Crippen molar-refractivity contribution in [1.29, 1.82) is 0 Å². The van der Waals surface area contributed by atoms with Crippen molar-refractivity contribution in [2.45, 2.75) is 44.2 Å². The highest BCUT2D eigenvalue weighted by molar-refractivity contribution is 5.87. The number of pyridine rings is 1. The van der Waals surface area contributed by atoms with Crippen LogP contribution in [0.25, 0.3) is 11.0 Å². The number of carbonyl (C=O) groups is 1. The van der Waals surface area contributed by atoms with Gasteiger partial charge in [0.15, 0.2) is 0 Å². The Morgan fingerprint density at radius 2 is 2.20 bits per heavy atom. The highest BCUT2D eigenvalue weighted by atomic mass is 16.1. The Labute approximate surface area is 118 Å². The van der Waals surface area contributed by atoms with Crippen molar-refractivity contribution in [1.82, 2.24) is 15.3 Å². The zero-order chi connectivity index (χ0) is 13.9. The third kappa shape index (κ3) is 2.82. The summed E-state index contributed by atoms with van der Waals surface area (Å²) in [4.78, 5) is 19.5. The van der Waals surface area contributed by atoms with Crippen LogP contribution < -0.4 is 11.1 Å². The van der Waals surface area contributed by atoms with Crippen LogP contribution in [0.15, 0.2) is 24.5 Å². The van der Waals surface area contributed by atoms with E-state index in [2.05, 4.69) is 15.3 Å². The summed E-state index contributed by atoms with van der Waals surface area (Å²) >= 11 is 0. The summed E-state index contributed by atoms with van der Waals surface area (Å²) in [5.41, 5.74) is 7.71. The van der Waals surface area contributed by atoms with Crippen molar-refractivity contribution >= 4 is 16.9 Å². The molecular formula is C15H20N4O. The molecule has 0 radical (unpaired) electrons. The van der Waals surface area contributed by atoms with Crippen molar-refractivity contribution in [3.63, 3.8) is 0 Å². The van der Waals surface area contributed by atoms with Gasteiger partial charge in [0, 0.05) is 29.9 Å². The van der Waals surface area contributed by atoms with Gasteiger partial charge >= 0.3 is 0 Å². The van der Waals surface area contributed by atoms with Gasteiger partial charge in [-0.15, -0.1) is 0 Å². The Hall–Kier alpha value is -1.88. The van der Waals surface area contributed by atoms with Crippen LogP contribution in [-0.2, 0) is 11.2 Å². The average Bonchev–Trinajstić information content (AvgIpc) is 2.85. The van der Waals surface area contributed by atoms with Gasteiger partial charge in [0.1, 0.15) is 5.65 Å². The van der Waals surface area contributed by atoms with Crippen molar-refractivity contribution in [2.75, 3.05) is 0 Å². The highest BCUT2D eigenvalue weighted by Crippen LogP contribution is 2.18. The van der Waals surface area contributed by atoms with Crippen LogP contribution in [0.3, 0.4) is 0 Å². The van der Waals surface area contributed by atoms with Crippen molar-refractivity contribution in [3.8, 4) is 0 Å². The number of H-pyrrole nitrogens is 1. The number of nitrogens with one attached hydrogen (secondary N) is 2. The highest BCUT2D eigenvalue weighted by Gasteiger charge is 2.20. The maximum absolute atomic E-state index is 12.1. The molecule has 0 atom stereocenters. The fourth-order valence-electron chi connectivity index (χ4n) is 2.87. The normalized spacial score (nSPS) is 22.9. The number of nitrogens with zero attached hydrogens (tertiary/aromatic N) is 1. The van der Waals surface area contributed by atoms with Gasteiger partial charge < -0.3 is 16.0 Å². The third-order valence-corrected chi connectivity index (χ3v) is 4.02. The predicted octanol–water partition coefficient (Wildman–Crippen LogP) is 1.49. The number of aromatic nitrogens is 2. The first-order valence-corrected chi connectivity index (χ1v) is 7.18. The van der Waals surface area contributed by atoms with E-state index < -0.39 is 0 Å². The standard InChI is InChI=1S/C15H20N4O/c16-11-3-5-12(6-4-11)19-14(20)8-10-9-18-15-13(10)2-1-7-17-15/h1-2,7,9,11-12H,3-6,8,16H2,(H,17,18)(H,19,20). The van der Waals surface area contributed by atoms with Crippen LogP contribution in [0.4, 0.5) is 0 Å². The Morgan fingerprint density at radius 3 is 3.00 bits per heavy atom. The molecular weight excluding hydrogens is 252 g/mol. The molecule has 1 aliphatic carbocycles. The van der Waals surface area contributed by atoms with E-state index in [0.717, 1.165) is 42.3 Å². The number of rotatable bonds is 3. The number of fused-ring (bicyclic) bond motifs is 1. The van der Waals surface area contributed by atoms with Gasteiger partial charge in [0.05, 0.1) is 6.42 Å². The third-order valence-electron chi connectivity index (χ3n) is 4.02. The summed E-state index contributed by atoms with van der Waals surface area (Å²) in [5, 5.41) is 4.14. The molecule has 1 aliphatic rings. The maximum atomic E-state index is 12.1. The minimum Gasteiger partial charge on any atom is -0.353 e. The van der Waals surface area contributed by atoms with Gasteiger partial charge in [-0.05, 0) is 43.4 Å². The van der Waals surface area contributed by atoms with Crippen LogP contribution in [0.1, 0.15) is 31.2 Å². The van der Waals surface area contributed by atoms with Gasteiger partial charge in [-0.2, -0.15) is 0 Å². The summed E-state index contributed by atoms with van der Waals surface area (Å²) in [5.74, 6) is 0.0789. The fraction of sp³-hybridized carbons (Fsp3) is 0.467. The van der Waals surface area contributed by atoms with E-state index in [-0.39, 0.29) is 11.9 Å². The summed E-state index contributed by atoms with van der Waals surface area (Å²) < 4.78 is 0. The lowest BCUT2D eigenvalue weighted by Gasteiger charge is -2.26. The molecule has 2 heterocycles. The largest absolute Gasteiger partial charge is 0.353 e. The van der Waals surface area contributed by atoms with Crippen LogP contribution >= 0.6 is 0 Å². The van der Waals surface area contributed by atoms with E-state index in [1.807, 2.05) is 18.3 Å². The first-order valence-electron chi connectivity index (χ1n) is 7.18. The van der Waals surface area contributed by atoms with Crippen LogP contribution in [0, 0.1) is 0 Å². The van der Waals surface area contributed by atoms with Crippen molar-refractivity contribution < 1.29 is 4.79 Å². The molecule has 0 spiro atoms. The van der Waals surface area contributed by atoms with Gasteiger partial charge in [-0.1, -0.05) is 0 Å². The number of carbonyl (C=O) groups excluding carboxylic acids is 1. The Bertz CT molecular complexity index is 599. The Balaban J connectivity index is 1.61. The molecule has 0 aliphatic heterocycles. The lowest BCUT2D eigenvalue weighted by Crippen LogP contribution is -2.41. The van der Waals surface area contributed by atoms with Crippen LogP contribution in [0.5, 0.6) is 0 Å². The molecule has 5 heteroatoms. The second-order valence-electron chi connectivity index (χ2n) is 5.57. The minimum absolute atomic E-state index is 0.0789. The monoisotopic (exact) mass is 272 g/mol. The van der Waals surface area contributed by atoms with Crippen molar-refractivity contribution in [3.05, 3.63) is 30.1 Å². The summed E-state index contributed by atoms with van der Waals surface area (Å²) in [6, 6.07) is 4.47. The number of nitrogens with two attached hydrogens (primary N) is 1. The molecule has 20 heavy (non-hydrogen) atoms. The molecule has 0 unspecified atom stereocenters. The van der Waals surface area contributed by atoms with E-state index in [0.29, 0.717) is 12.5 Å². The van der Waals surface area contributed by atoms with E-state index in [1.165, 1.54) is 0 Å². The smallest absolute Gasteiger partial charge is 0.224 e. The lowest BCUT2D eigenvalue weighted by atomic mass is 9.91. The van der Waals surface area contributed by atoms with Gasteiger partial charge in [-0.25, -0.2) is 4.98 Å². The topological polar surface area (TPSA) is 83.8 Å². The molecule has 4 N–H and O–H groups in total. The molecule has 0 aromatic carbocycles. The molecule has 0 saturated heterocycles. The fourth-order valence-corrected chi connectivity index (χ4v) is 2.87. The van der Waals surface area contributed by atoms with Crippen LogP contribution in [-0.4, -0.2) is 28.0 Å². The minimum atomic E-state index is 0.0789. The number of hydrogen-bond donors (Lipinski definition) is 3. The number of hydrogen-bond acceptors (Lipinski definition) is 3. The quantitative estimate of drug-likeness (QED) is 0.791. The van der Waals surface area contributed by atoms with E-state index in [1.54, 1.807) is 6.20 Å². The molecule has 2 aromatic rings. The first-order chi connectivity index (χ1) is 9.72. The average molecular weight is 272 g/mol. The zero-order valence-electron chi connectivity index (χ0n) is 11.4. The van der Waals surface area contributed by atoms with Gasteiger partial charge in [-0.3, -0.25) is 4.79 Å². The molecule has 106 valence electrons. The molecule has 5 nitrogen and oxygen atoms in total. The summed E-state index contributed by atoms with van der Waals surface area (Å²) in [6.45, 7) is 0. The second kappa shape index (κ2) is 5.63. The Kier molecular flexibility index (Phi) is 3.69. The van der Waals surface area contributed by atoms with Gasteiger partial charge in [0.25, 0.3) is 0 Å². The van der Waals surface area contributed by atoms with E-state index in [9.17, 15) is 4.79 Å². The molecule has 1 fully saturated rings. The lowest BCUT2D eigenvalue weighted by molar-refractivity contribution is -0.121. The van der Waals surface area contributed by atoms with E-state index >= 15 is 0 Å². The van der Waals surface area contributed by atoms with Crippen molar-refractivity contribution in [2.24, 2.45) is 5.73 Å². The SMILES string of the molecule is NC1CCC(NC(=O)Cc2c[nH]c3ncccc23)CC1. The molecule has 1 amide bonds. The van der Waals surface area contributed by atoms with Crippen LogP contribution in [0.2, 0.25) is 0 Å². The predicted molar refractivity (Wildman–Crippen MR) is 78.2 cm³/mol. The number of amides is 1. The first kappa shape index (κ1) is 13.1. The summed E-state index contributed by atoms with van der Waals surface area (Å²) in [7, 11) is 0. The molecule has 2 aromatic heterocycles. The van der Waals surface area contributed by atoms with Gasteiger partial charge in [0.2, 0.25) is 5.91 Å². The molecule has 1 saturated carbocycles. The van der Waals surface area contributed by atoms with E-state index in [4.69, 9.17) is 5.73 Å².